The molecule has 21 heavy (non-hydrogen) atoms. The van der Waals surface area contributed by atoms with Gasteiger partial charge in [-0.25, -0.2) is 0 Å². The summed E-state index contributed by atoms with van der Waals surface area (Å²) in [7, 11) is 0. The lowest BCUT2D eigenvalue weighted by Crippen LogP contribution is -2.29. The number of rotatable bonds is 3. The summed E-state index contributed by atoms with van der Waals surface area (Å²) in [4.78, 5) is 23.5. The average Bonchev–Trinajstić information content (AvgIpc) is 2.49. The second-order valence-electron chi connectivity index (χ2n) is 4.86. The molecule has 0 aliphatic heterocycles. The number of carbonyl (C=O) groups excluding carboxylic acids is 1. The molecule has 2 aromatic carbocycles. The first kappa shape index (κ1) is 13.1. The SMILES string of the molecule is NC(=O)c1cccn(Cc2cccc3ccccc23)c1=O. The summed E-state index contributed by atoms with van der Waals surface area (Å²) in [6.45, 7) is 0.404. The second kappa shape index (κ2) is 5.25. The summed E-state index contributed by atoms with van der Waals surface area (Å²) in [6, 6.07) is 17.1. The molecule has 3 rings (SSSR count). The molecule has 104 valence electrons. The van der Waals surface area contributed by atoms with E-state index in [0.717, 1.165) is 16.3 Å². The summed E-state index contributed by atoms with van der Waals surface area (Å²) >= 11 is 0. The molecule has 0 saturated heterocycles. The van der Waals surface area contributed by atoms with Gasteiger partial charge in [0.15, 0.2) is 0 Å². The largest absolute Gasteiger partial charge is 0.365 e. The Labute approximate surface area is 121 Å². The molecule has 0 aliphatic carbocycles. The zero-order valence-corrected chi connectivity index (χ0v) is 11.3. The van der Waals surface area contributed by atoms with E-state index in [0.29, 0.717) is 6.54 Å². The van der Waals surface area contributed by atoms with E-state index < -0.39 is 5.91 Å². The molecule has 1 heterocycles. The first-order valence-corrected chi connectivity index (χ1v) is 6.63. The fraction of sp³-hybridized carbons (Fsp3) is 0.0588. The Morgan fingerprint density at radius 2 is 1.76 bits per heavy atom. The lowest BCUT2D eigenvalue weighted by atomic mass is 10.0. The molecule has 4 heteroatoms. The lowest BCUT2D eigenvalue weighted by molar-refractivity contribution is 0.0998. The van der Waals surface area contributed by atoms with Gasteiger partial charge in [0.05, 0.1) is 6.54 Å². The van der Waals surface area contributed by atoms with Crippen LogP contribution in [0.15, 0.2) is 65.6 Å². The molecule has 3 aromatic rings. The highest BCUT2D eigenvalue weighted by Crippen LogP contribution is 2.18. The fourth-order valence-electron chi connectivity index (χ4n) is 2.46. The monoisotopic (exact) mass is 278 g/mol. The maximum atomic E-state index is 12.2. The Morgan fingerprint density at radius 1 is 1.00 bits per heavy atom. The van der Waals surface area contributed by atoms with Gasteiger partial charge in [-0.15, -0.1) is 0 Å². The molecule has 2 N–H and O–H groups in total. The van der Waals surface area contributed by atoms with E-state index in [1.165, 1.54) is 10.6 Å². The minimum Gasteiger partial charge on any atom is -0.365 e. The van der Waals surface area contributed by atoms with E-state index in [1.807, 2.05) is 42.5 Å². The highest BCUT2D eigenvalue weighted by molar-refractivity contribution is 5.92. The number of hydrogen-bond donors (Lipinski definition) is 1. The highest BCUT2D eigenvalue weighted by Gasteiger charge is 2.09. The van der Waals surface area contributed by atoms with Gasteiger partial charge in [0.2, 0.25) is 0 Å². The van der Waals surface area contributed by atoms with Crippen LogP contribution in [0.25, 0.3) is 10.8 Å². The van der Waals surface area contributed by atoms with Crippen LogP contribution in [-0.2, 0) is 6.54 Å². The average molecular weight is 278 g/mol. The van der Waals surface area contributed by atoms with E-state index in [-0.39, 0.29) is 11.1 Å². The molecule has 0 saturated carbocycles. The summed E-state index contributed by atoms with van der Waals surface area (Å²) in [5, 5.41) is 2.21. The molecule has 0 radical (unpaired) electrons. The topological polar surface area (TPSA) is 65.1 Å². The summed E-state index contributed by atoms with van der Waals surface area (Å²) in [5.74, 6) is -0.702. The van der Waals surface area contributed by atoms with Crippen molar-refractivity contribution >= 4 is 16.7 Å². The molecule has 4 nitrogen and oxygen atoms in total. The molecular weight excluding hydrogens is 264 g/mol. The zero-order valence-electron chi connectivity index (χ0n) is 11.3. The Hall–Kier alpha value is -2.88. The lowest BCUT2D eigenvalue weighted by Gasteiger charge is -2.09. The van der Waals surface area contributed by atoms with E-state index in [1.54, 1.807) is 12.3 Å². The van der Waals surface area contributed by atoms with Crippen LogP contribution in [0, 0.1) is 0 Å². The maximum Gasteiger partial charge on any atom is 0.263 e. The van der Waals surface area contributed by atoms with Crippen molar-refractivity contribution in [2.45, 2.75) is 6.54 Å². The quantitative estimate of drug-likeness (QED) is 0.797. The van der Waals surface area contributed by atoms with Gasteiger partial charge in [-0.2, -0.15) is 0 Å². The van der Waals surface area contributed by atoms with Gasteiger partial charge in [0.1, 0.15) is 5.56 Å². The number of carbonyl (C=O) groups is 1. The van der Waals surface area contributed by atoms with Crippen molar-refractivity contribution in [1.29, 1.82) is 0 Å². The summed E-state index contributed by atoms with van der Waals surface area (Å²) < 4.78 is 1.50. The third kappa shape index (κ3) is 2.43. The van der Waals surface area contributed by atoms with E-state index in [2.05, 4.69) is 0 Å². The van der Waals surface area contributed by atoms with Gasteiger partial charge in [-0.1, -0.05) is 42.5 Å². The van der Waals surface area contributed by atoms with E-state index in [9.17, 15) is 9.59 Å². The third-order valence-corrected chi connectivity index (χ3v) is 3.51. The molecule has 0 fully saturated rings. The fourth-order valence-corrected chi connectivity index (χ4v) is 2.46. The van der Waals surface area contributed by atoms with Crippen molar-refractivity contribution in [3.63, 3.8) is 0 Å². The van der Waals surface area contributed by atoms with Crippen molar-refractivity contribution in [3.8, 4) is 0 Å². The van der Waals surface area contributed by atoms with Crippen molar-refractivity contribution < 1.29 is 4.79 Å². The molecule has 1 aromatic heterocycles. The number of aromatic nitrogens is 1. The third-order valence-electron chi connectivity index (χ3n) is 3.51. The zero-order chi connectivity index (χ0) is 14.8. The molecule has 0 aliphatic rings. The van der Waals surface area contributed by atoms with Crippen LogP contribution in [0.5, 0.6) is 0 Å². The molecule has 0 spiro atoms. The number of pyridine rings is 1. The number of hydrogen-bond acceptors (Lipinski definition) is 2. The predicted molar refractivity (Wildman–Crippen MR) is 82.3 cm³/mol. The van der Waals surface area contributed by atoms with Gasteiger partial charge in [0, 0.05) is 6.20 Å². The van der Waals surface area contributed by atoms with Crippen molar-refractivity contribution in [1.82, 2.24) is 4.57 Å². The number of nitrogens with zero attached hydrogens (tertiary/aromatic N) is 1. The molecule has 0 bridgehead atoms. The predicted octanol–water partition coefficient (Wildman–Crippen LogP) is 2.15. The normalized spacial score (nSPS) is 10.7. The maximum absolute atomic E-state index is 12.2. The van der Waals surface area contributed by atoms with Crippen LogP contribution < -0.4 is 11.3 Å². The number of primary amides is 1. The van der Waals surface area contributed by atoms with Crippen LogP contribution in [0.2, 0.25) is 0 Å². The Bertz CT molecular complexity index is 876. The number of fused-ring (bicyclic) bond motifs is 1. The van der Waals surface area contributed by atoms with Crippen molar-refractivity contribution in [2.75, 3.05) is 0 Å². The van der Waals surface area contributed by atoms with Gasteiger partial charge in [-0.3, -0.25) is 9.59 Å². The van der Waals surface area contributed by atoms with Crippen molar-refractivity contribution in [2.24, 2.45) is 5.73 Å². The van der Waals surface area contributed by atoms with Crippen LogP contribution in [-0.4, -0.2) is 10.5 Å². The van der Waals surface area contributed by atoms with E-state index in [4.69, 9.17) is 5.73 Å². The van der Waals surface area contributed by atoms with Gasteiger partial charge in [0.25, 0.3) is 11.5 Å². The van der Waals surface area contributed by atoms with Crippen molar-refractivity contribution in [3.05, 3.63) is 82.3 Å². The number of benzene rings is 2. The Balaban J connectivity index is 2.10. The molecule has 1 amide bonds. The van der Waals surface area contributed by atoms with Crippen LogP contribution >= 0.6 is 0 Å². The van der Waals surface area contributed by atoms with Gasteiger partial charge < -0.3 is 10.3 Å². The summed E-state index contributed by atoms with van der Waals surface area (Å²) in [6.07, 6.45) is 1.66. The van der Waals surface area contributed by atoms with E-state index >= 15 is 0 Å². The second-order valence-corrected chi connectivity index (χ2v) is 4.86. The number of nitrogens with two attached hydrogens (primary N) is 1. The highest BCUT2D eigenvalue weighted by atomic mass is 16.2. The molecule has 0 atom stereocenters. The van der Waals surface area contributed by atoms with Crippen LogP contribution in [0.3, 0.4) is 0 Å². The summed E-state index contributed by atoms with van der Waals surface area (Å²) in [5.41, 5.74) is 5.89. The minimum absolute atomic E-state index is 0.0118. The Kier molecular flexibility index (Phi) is 3.28. The van der Waals surface area contributed by atoms with Gasteiger partial charge >= 0.3 is 0 Å². The molecular formula is C17H14N2O2. The first-order valence-electron chi connectivity index (χ1n) is 6.63. The Morgan fingerprint density at radius 3 is 2.57 bits per heavy atom. The standard InChI is InChI=1S/C17H14N2O2/c18-16(20)15-9-4-10-19(17(15)21)11-13-7-3-6-12-5-1-2-8-14(12)13/h1-10H,11H2,(H2,18,20). The molecule has 0 unspecified atom stereocenters. The first-order chi connectivity index (χ1) is 10.2. The van der Waals surface area contributed by atoms with Crippen LogP contribution in [0.1, 0.15) is 15.9 Å². The minimum atomic E-state index is -0.702. The smallest absolute Gasteiger partial charge is 0.263 e. The van der Waals surface area contributed by atoms with Gasteiger partial charge in [-0.05, 0) is 28.5 Å². The number of amides is 1. The van der Waals surface area contributed by atoms with Crippen LogP contribution in [0.4, 0.5) is 0 Å².